The van der Waals surface area contributed by atoms with Crippen LogP contribution in [0.15, 0.2) is 27.1 Å². The van der Waals surface area contributed by atoms with Crippen molar-refractivity contribution in [1.82, 2.24) is 5.32 Å². The molecule has 1 aliphatic heterocycles. The van der Waals surface area contributed by atoms with Gasteiger partial charge < -0.3 is 10.2 Å². The second kappa shape index (κ2) is 6.37. The third-order valence-corrected chi connectivity index (χ3v) is 5.59. The van der Waals surface area contributed by atoms with E-state index in [1.165, 1.54) is 10.2 Å². The van der Waals surface area contributed by atoms with Gasteiger partial charge in [-0.3, -0.25) is 0 Å². The third-order valence-electron chi connectivity index (χ3n) is 4.43. The minimum atomic E-state index is 0.188. The molecule has 0 saturated carbocycles. The zero-order valence-electron chi connectivity index (χ0n) is 12.7. The molecule has 1 fully saturated rings. The number of nitrogens with one attached hydrogen (secondary N) is 1. The van der Waals surface area contributed by atoms with E-state index >= 15 is 0 Å². The van der Waals surface area contributed by atoms with E-state index in [0.29, 0.717) is 12.0 Å². The lowest BCUT2D eigenvalue weighted by Crippen LogP contribution is -2.64. The van der Waals surface area contributed by atoms with E-state index in [4.69, 9.17) is 0 Å². The molecule has 20 heavy (non-hydrogen) atoms. The van der Waals surface area contributed by atoms with Gasteiger partial charge in [-0.1, -0.05) is 36.7 Å². The lowest BCUT2D eigenvalue weighted by atomic mass is 9.89. The van der Waals surface area contributed by atoms with E-state index in [0.717, 1.165) is 24.0 Å². The monoisotopic (exact) mass is 402 g/mol. The minimum absolute atomic E-state index is 0.188. The Balaban J connectivity index is 2.39. The number of hydrogen-bond donors (Lipinski definition) is 1. The van der Waals surface area contributed by atoms with Gasteiger partial charge in [0, 0.05) is 33.6 Å². The summed E-state index contributed by atoms with van der Waals surface area (Å²) in [6.07, 6.45) is 1.14. The topological polar surface area (TPSA) is 15.3 Å². The first-order valence-electron chi connectivity index (χ1n) is 7.33. The molecular weight excluding hydrogens is 380 g/mol. The number of piperazine rings is 1. The van der Waals surface area contributed by atoms with Crippen molar-refractivity contribution in [3.05, 3.63) is 27.1 Å². The normalized spacial score (nSPS) is 27.1. The Morgan fingerprint density at radius 2 is 2.10 bits per heavy atom. The standard InChI is InChI=1S/C16H24Br2N2/c1-5-16(4)10-20(15(9-19-16)11(2)3)14-8-12(17)6-7-13(14)18/h6-8,11,15,19H,5,9-10H2,1-4H3. The average Bonchev–Trinajstić information content (AvgIpc) is 2.41. The molecule has 1 N–H and O–H groups in total. The zero-order valence-corrected chi connectivity index (χ0v) is 15.9. The third kappa shape index (κ3) is 3.40. The molecule has 1 aliphatic rings. The van der Waals surface area contributed by atoms with Crippen LogP contribution < -0.4 is 10.2 Å². The molecule has 0 spiro atoms. The Morgan fingerprint density at radius 1 is 1.40 bits per heavy atom. The van der Waals surface area contributed by atoms with Gasteiger partial charge in [-0.05, 0) is 53.4 Å². The van der Waals surface area contributed by atoms with Crippen molar-refractivity contribution >= 4 is 37.5 Å². The van der Waals surface area contributed by atoms with Crippen molar-refractivity contribution in [3.63, 3.8) is 0 Å². The molecule has 1 saturated heterocycles. The highest BCUT2D eigenvalue weighted by molar-refractivity contribution is 9.11. The second-order valence-corrected chi connectivity index (χ2v) is 8.10. The summed E-state index contributed by atoms with van der Waals surface area (Å²) in [5.41, 5.74) is 1.48. The van der Waals surface area contributed by atoms with Crippen molar-refractivity contribution in [3.8, 4) is 0 Å². The van der Waals surface area contributed by atoms with Crippen molar-refractivity contribution in [2.45, 2.75) is 45.7 Å². The highest BCUT2D eigenvalue weighted by Gasteiger charge is 2.36. The minimum Gasteiger partial charge on any atom is -0.364 e. The van der Waals surface area contributed by atoms with E-state index in [1.54, 1.807) is 0 Å². The van der Waals surface area contributed by atoms with Crippen LogP contribution in [0.25, 0.3) is 0 Å². The lowest BCUT2D eigenvalue weighted by molar-refractivity contribution is 0.253. The molecule has 0 aliphatic carbocycles. The van der Waals surface area contributed by atoms with Gasteiger partial charge in [-0.15, -0.1) is 0 Å². The zero-order chi connectivity index (χ0) is 14.9. The van der Waals surface area contributed by atoms with Gasteiger partial charge in [-0.2, -0.15) is 0 Å². The molecule has 0 bridgehead atoms. The van der Waals surface area contributed by atoms with Crippen LogP contribution in [-0.4, -0.2) is 24.7 Å². The predicted molar refractivity (Wildman–Crippen MR) is 94.5 cm³/mol. The van der Waals surface area contributed by atoms with Crippen molar-refractivity contribution < 1.29 is 0 Å². The first-order valence-corrected chi connectivity index (χ1v) is 8.91. The predicted octanol–water partition coefficient (Wildman–Crippen LogP) is 4.81. The summed E-state index contributed by atoms with van der Waals surface area (Å²) in [6, 6.07) is 6.96. The molecule has 2 atom stereocenters. The molecular formula is C16H24Br2N2. The summed E-state index contributed by atoms with van der Waals surface area (Å²) in [5, 5.41) is 3.74. The van der Waals surface area contributed by atoms with Gasteiger partial charge in [0.1, 0.15) is 0 Å². The SMILES string of the molecule is CCC1(C)CN(c2cc(Br)ccc2Br)C(C(C)C)CN1. The highest BCUT2D eigenvalue weighted by atomic mass is 79.9. The Kier molecular flexibility index (Phi) is 5.19. The van der Waals surface area contributed by atoms with Crippen LogP contribution in [0.5, 0.6) is 0 Å². The van der Waals surface area contributed by atoms with E-state index in [1.807, 2.05) is 0 Å². The molecule has 2 unspecified atom stereocenters. The molecule has 1 heterocycles. The van der Waals surface area contributed by atoms with Crippen LogP contribution in [0.4, 0.5) is 5.69 Å². The number of nitrogens with zero attached hydrogens (tertiary/aromatic N) is 1. The molecule has 0 radical (unpaired) electrons. The van der Waals surface area contributed by atoms with Crippen molar-refractivity contribution in [2.24, 2.45) is 5.92 Å². The molecule has 4 heteroatoms. The Bertz CT molecular complexity index is 476. The average molecular weight is 404 g/mol. The summed E-state index contributed by atoms with van der Waals surface area (Å²) in [5.74, 6) is 0.620. The maximum atomic E-state index is 3.74. The fourth-order valence-electron chi connectivity index (χ4n) is 2.81. The summed E-state index contributed by atoms with van der Waals surface area (Å²) < 4.78 is 2.31. The Morgan fingerprint density at radius 3 is 2.70 bits per heavy atom. The maximum absolute atomic E-state index is 3.74. The van der Waals surface area contributed by atoms with E-state index in [9.17, 15) is 0 Å². The fraction of sp³-hybridized carbons (Fsp3) is 0.625. The largest absolute Gasteiger partial charge is 0.364 e. The summed E-state index contributed by atoms with van der Waals surface area (Å²) in [6.45, 7) is 11.3. The van der Waals surface area contributed by atoms with Crippen LogP contribution in [0.3, 0.4) is 0 Å². The first-order chi connectivity index (χ1) is 9.36. The summed E-state index contributed by atoms with van der Waals surface area (Å²) in [4.78, 5) is 2.57. The quantitative estimate of drug-likeness (QED) is 0.778. The molecule has 2 rings (SSSR count). The van der Waals surface area contributed by atoms with Crippen molar-refractivity contribution in [2.75, 3.05) is 18.0 Å². The van der Waals surface area contributed by atoms with Gasteiger partial charge in [0.2, 0.25) is 0 Å². The van der Waals surface area contributed by atoms with Gasteiger partial charge >= 0.3 is 0 Å². The lowest BCUT2D eigenvalue weighted by Gasteiger charge is -2.49. The second-order valence-electron chi connectivity index (χ2n) is 6.33. The van der Waals surface area contributed by atoms with Crippen molar-refractivity contribution in [1.29, 1.82) is 0 Å². The summed E-state index contributed by atoms with van der Waals surface area (Å²) >= 11 is 7.32. The molecule has 1 aromatic rings. The van der Waals surface area contributed by atoms with Crippen LogP contribution in [0.2, 0.25) is 0 Å². The Labute approximate surface area is 139 Å². The number of halogens is 2. The molecule has 0 aromatic heterocycles. The summed E-state index contributed by atoms with van der Waals surface area (Å²) in [7, 11) is 0. The maximum Gasteiger partial charge on any atom is 0.0525 e. The molecule has 0 amide bonds. The molecule has 2 nitrogen and oxygen atoms in total. The number of rotatable bonds is 3. The van der Waals surface area contributed by atoms with E-state index < -0.39 is 0 Å². The van der Waals surface area contributed by atoms with Crippen LogP contribution in [0, 0.1) is 5.92 Å². The van der Waals surface area contributed by atoms with E-state index in [2.05, 4.69) is 88.0 Å². The van der Waals surface area contributed by atoms with Gasteiger partial charge in [-0.25, -0.2) is 0 Å². The molecule has 1 aromatic carbocycles. The smallest absolute Gasteiger partial charge is 0.0525 e. The molecule has 112 valence electrons. The van der Waals surface area contributed by atoms with Gasteiger partial charge in [0.25, 0.3) is 0 Å². The highest BCUT2D eigenvalue weighted by Crippen LogP contribution is 2.35. The van der Waals surface area contributed by atoms with E-state index in [-0.39, 0.29) is 5.54 Å². The number of benzene rings is 1. The fourth-order valence-corrected chi connectivity index (χ4v) is 3.64. The Hall–Kier alpha value is -0.0600. The van der Waals surface area contributed by atoms with Crippen LogP contribution >= 0.6 is 31.9 Å². The van der Waals surface area contributed by atoms with Gasteiger partial charge in [0.05, 0.1) is 5.69 Å². The van der Waals surface area contributed by atoms with Crippen LogP contribution in [0.1, 0.15) is 34.1 Å². The number of anilines is 1. The van der Waals surface area contributed by atoms with Gasteiger partial charge in [0.15, 0.2) is 0 Å². The number of hydrogen-bond acceptors (Lipinski definition) is 2. The van der Waals surface area contributed by atoms with Crippen LogP contribution in [-0.2, 0) is 0 Å². The first kappa shape index (κ1) is 16.3.